The summed E-state index contributed by atoms with van der Waals surface area (Å²) in [4.78, 5) is 0. The molecular formula is C16H14ClFO2. The maximum Gasteiger partial charge on any atom is 0.130 e. The van der Waals surface area contributed by atoms with Gasteiger partial charge < -0.3 is 9.47 Å². The van der Waals surface area contributed by atoms with Crippen molar-refractivity contribution in [1.82, 2.24) is 0 Å². The minimum absolute atomic E-state index is 0.267. The highest BCUT2D eigenvalue weighted by Gasteiger charge is 2.19. The number of benzene rings is 2. The Morgan fingerprint density at radius 2 is 2.05 bits per heavy atom. The topological polar surface area (TPSA) is 18.5 Å². The molecule has 0 radical (unpaired) electrons. The van der Waals surface area contributed by atoms with Crippen molar-refractivity contribution in [3.63, 3.8) is 0 Å². The quantitative estimate of drug-likeness (QED) is 0.812. The van der Waals surface area contributed by atoms with E-state index in [0.717, 1.165) is 29.7 Å². The van der Waals surface area contributed by atoms with Crippen molar-refractivity contribution < 1.29 is 13.9 Å². The molecule has 104 valence electrons. The molecule has 0 bridgehead atoms. The van der Waals surface area contributed by atoms with E-state index in [0.29, 0.717) is 22.9 Å². The zero-order valence-corrected chi connectivity index (χ0v) is 11.8. The summed E-state index contributed by atoms with van der Waals surface area (Å²) in [5.74, 6) is 1.14. The van der Waals surface area contributed by atoms with Crippen molar-refractivity contribution in [3.05, 3.63) is 46.7 Å². The Morgan fingerprint density at radius 1 is 1.20 bits per heavy atom. The highest BCUT2D eigenvalue weighted by molar-refractivity contribution is 6.33. The number of aryl methyl sites for hydroxylation is 1. The standard InChI is InChI=1S/C16H14ClFO2/c1-19-12-4-5-13(15(17)9-12)14-8-11(18)7-10-3-2-6-20-16(10)14/h4-5,7-9H,2-3,6H2,1H3. The third-order valence-corrected chi connectivity index (χ3v) is 3.75. The summed E-state index contributed by atoms with van der Waals surface area (Å²) in [7, 11) is 1.58. The Bertz CT molecular complexity index is 655. The molecule has 1 aliphatic heterocycles. The first-order valence-electron chi connectivity index (χ1n) is 6.48. The predicted molar refractivity (Wildman–Crippen MR) is 77.2 cm³/mol. The minimum atomic E-state index is -0.267. The van der Waals surface area contributed by atoms with E-state index < -0.39 is 0 Å². The fourth-order valence-corrected chi connectivity index (χ4v) is 2.76. The van der Waals surface area contributed by atoms with E-state index >= 15 is 0 Å². The summed E-state index contributed by atoms with van der Waals surface area (Å²) in [6.07, 6.45) is 1.74. The van der Waals surface area contributed by atoms with E-state index in [1.54, 1.807) is 19.2 Å². The molecule has 2 aromatic carbocycles. The second-order valence-corrected chi connectivity index (χ2v) is 5.15. The van der Waals surface area contributed by atoms with Crippen molar-refractivity contribution in [3.8, 4) is 22.6 Å². The highest BCUT2D eigenvalue weighted by atomic mass is 35.5. The smallest absolute Gasteiger partial charge is 0.130 e. The maximum atomic E-state index is 13.8. The van der Waals surface area contributed by atoms with Crippen molar-refractivity contribution in [2.45, 2.75) is 12.8 Å². The van der Waals surface area contributed by atoms with E-state index in [-0.39, 0.29) is 5.82 Å². The Kier molecular flexibility index (Phi) is 3.53. The van der Waals surface area contributed by atoms with Crippen molar-refractivity contribution in [2.75, 3.05) is 13.7 Å². The molecule has 4 heteroatoms. The lowest BCUT2D eigenvalue weighted by atomic mass is 9.97. The summed E-state index contributed by atoms with van der Waals surface area (Å²) in [5, 5.41) is 0.520. The van der Waals surface area contributed by atoms with Crippen molar-refractivity contribution >= 4 is 11.6 Å². The van der Waals surface area contributed by atoms with Crippen LogP contribution < -0.4 is 9.47 Å². The molecule has 3 rings (SSSR count). The molecular weight excluding hydrogens is 279 g/mol. The van der Waals surface area contributed by atoms with Gasteiger partial charge in [-0.15, -0.1) is 0 Å². The molecule has 20 heavy (non-hydrogen) atoms. The molecule has 1 heterocycles. The van der Waals surface area contributed by atoms with Gasteiger partial charge in [-0.1, -0.05) is 11.6 Å². The molecule has 0 atom stereocenters. The van der Waals surface area contributed by atoms with E-state index in [1.807, 2.05) is 6.07 Å². The number of halogens is 2. The summed E-state index contributed by atoms with van der Waals surface area (Å²) in [6.45, 7) is 0.652. The lowest BCUT2D eigenvalue weighted by Gasteiger charge is -2.21. The molecule has 0 fully saturated rings. The zero-order valence-electron chi connectivity index (χ0n) is 11.1. The number of ether oxygens (including phenoxy) is 2. The average Bonchev–Trinajstić information content (AvgIpc) is 2.46. The maximum absolute atomic E-state index is 13.8. The van der Waals surface area contributed by atoms with Gasteiger partial charge in [0.25, 0.3) is 0 Å². The lowest BCUT2D eigenvalue weighted by molar-refractivity contribution is 0.289. The van der Waals surface area contributed by atoms with Gasteiger partial charge in [-0.3, -0.25) is 0 Å². The molecule has 2 nitrogen and oxygen atoms in total. The SMILES string of the molecule is COc1ccc(-c2cc(F)cc3c2OCCC3)c(Cl)c1. The minimum Gasteiger partial charge on any atom is -0.497 e. The van der Waals surface area contributed by atoms with Gasteiger partial charge in [0.15, 0.2) is 0 Å². The third-order valence-electron chi connectivity index (χ3n) is 3.43. The zero-order chi connectivity index (χ0) is 14.1. The van der Waals surface area contributed by atoms with Crippen LogP contribution in [0.25, 0.3) is 11.1 Å². The first-order valence-corrected chi connectivity index (χ1v) is 6.86. The van der Waals surface area contributed by atoms with Gasteiger partial charge in [-0.2, -0.15) is 0 Å². The third kappa shape index (κ3) is 2.34. The van der Waals surface area contributed by atoms with E-state index in [9.17, 15) is 4.39 Å². The van der Waals surface area contributed by atoms with Crippen molar-refractivity contribution in [1.29, 1.82) is 0 Å². The van der Waals surface area contributed by atoms with Crippen LogP contribution in [-0.2, 0) is 6.42 Å². The Labute approximate surface area is 122 Å². The molecule has 0 saturated carbocycles. The second kappa shape index (κ2) is 5.33. The molecule has 1 aliphatic rings. The number of hydrogen-bond acceptors (Lipinski definition) is 2. The molecule has 0 N–H and O–H groups in total. The average molecular weight is 293 g/mol. The van der Waals surface area contributed by atoms with Gasteiger partial charge in [0.05, 0.1) is 18.7 Å². The first-order chi connectivity index (χ1) is 9.69. The van der Waals surface area contributed by atoms with Crippen LogP contribution in [0.5, 0.6) is 11.5 Å². The fraction of sp³-hybridized carbons (Fsp3) is 0.250. The fourth-order valence-electron chi connectivity index (χ4n) is 2.48. The van der Waals surface area contributed by atoms with E-state index in [2.05, 4.69) is 0 Å². The highest BCUT2D eigenvalue weighted by Crippen LogP contribution is 2.41. The van der Waals surface area contributed by atoms with Crippen LogP contribution in [-0.4, -0.2) is 13.7 Å². The van der Waals surface area contributed by atoms with Gasteiger partial charge in [0.1, 0.15) is 17.3 Å². The molecule has 0 aromatic heterocycles. The molecule has 0 aliphatic carbocycles. The summed E-state index contributed by atoms with van der Waals surface area (Å²) < 4.78 is 24.6. The van der Waals surface area contributed by atoms with Crippen LogP contribution >= 0.6 is 11.6 Å². The largest absolute Gasteiger partial charge is 0.497 e. The monoisotopic (exact) mass is 292 g/mol. The van der Waals surface area contributed by atoms with Crippen LogP contribution in [0.2, 0.25) is 5.02 Å². The Morgan fingerprint density at radius 3 is 2.80 bits per heavy atom. The predicted octanol–water partition coefficient (Wildman–Crippen LogP) is 4.48. The van der Waals surface area contributed by atoms with Crippen LogP contribution in [0.1, 0.15) is 12.0 Å². The van der Waals surface area contributed by atoms with E-state index in [1.165, 1.54) is 12.1 Å². The van der Waals surface area contributed by atoms with Gasteiger partial charge in [0.2, 0.25) is 0 Å². The van der Waals surface area contributed by atoms with Crippen LogP contribution in [0.3, 0.4) is 0 Å². The summed E-state index contributed by atoms with van der Waals surface area (Å²) in [5.41, 5.74) is 2.36. The van der Waals surface area contributed by atoms with Gasteiger partial charge in [-0.05, 0) is 48.7 Å². The van der Waals surface area contributed by atoms with Crippen molar-refractivity contribution in [2.24, 2.45) is 0 Å². The summed E-state index contributed by atoms with van der Waals surface area (Å²) >= 11 is 6.28. The molecule has 0 unspecified atom stereocenters. The first kappa shape index (κ1) is 13.3. The Balaban J connectivity index is 2.16. The van der Waals surface area contributed by atoms with Gasteiger partial charge in [-0.25, -0.2) is 4.39 Å². The molecule has 2 aromatic rings. The number of rotatable bonds is 2. The van der Waals surface area contributed by atoms with Crippen LogP contribution in [0.4, 0.5) is 4.39 Å². The molecule has 0 spiro atoms. The number of hydrogen-bond donors (Lipinski definition) is 0. The normalized spacial score (nSPS) is 13.6. The second-order valence-electron chi connectivity index (χ2n) is 4.74. The van der Waals surface area contributed by atoms with Crippen LogP contribution in [0, 0.1) is 5.82 Å². The molecule has 0 saturated heterocycles. The van der Waals surface area contributed by atoms with E-state index in [4.69, 9.17) is 21.1 Å². The Hall–Kier alpha value is -1.74. The molecule has 0 amide bonds. The summed E-state index contributed by atoms with van der Waals surface area (Å²) in [6, 6.07) is 8.36. The number of fused-ring (bicyclic) bond motifs is 1. The van der Waals surface area contributed by atoms with Gasteiger partial charge >= 0.3 is 0 Å². The number of methoxy groups -OCH3 is 1. The van der Waals surface area contributed by atoms with Crippen LogP contribution in [0.15, 0.2) is 30.3 Å². The lowest BCUT2D eigenvalue weighted by Crippen LogP contribution is -2.10. The van der Waals surface area contributed by atoms with Gasteiger partial charge in [0, 0.05) is 11.1 Å².